The molecule has 0 spiro atoms. The molecule has 0 aliphatic heterocycles. The molecule has 114 valence electrons. The summed E-state index contributed by atoms with van der Waals surface area (Å²) in [6.45, 7) is 5.68. The van der Waals surface area contributed by atoms with Crippen LogP contribution in [0.1, 0.15) is 12.5 Å². The molecule has 2 rings (SSSR count). The summed E-state index contributed by atoms with van der Waals surface area (Å²) >= 11 is 0. The standard InChI is InChI=1S/C21H20N2/c1-3-8-18(9-4-2)16-22-20-12-14-21(15-13-20)23-17-19-10-6-5-7-11-19/h3-17H,1H2,2H3/b9-4-,18-8+,22-16?,23-17?. The summed E-state index contributed by atoms with van der Waals surface area (Å²) in [5.74, 6) is 0. The predicted octanol–water partition coefficient (Wildman–Crippen LogP) is 5.83. The van der Waals surface area contributed by atoms with E-state index in [1.807, 2.05) is 92.2 Å². The van der Waals surface area contributed by atoms with Crippen LogP contribution in [0.15, 0.2) is 101 Å². The lowest BCUT2D eigenvalue weighted by Crippen LogP contribution is -1.79. The van der Waals surface area contributed by atoms with Crippen molar-refractivity contribution in [1.29, 1.82) is 0 Å². The van der Waals surface area contributed by atoms with E-state index >= 15 is 0 Å². The molecule has 2 aromatic rings. The highest BCUT2D eigenvalue weighted by Gasteiger charge is 1.92. The normalized spacial score (nSPS) is 12.5. The molecular formula is C21H20N2. The van der Waals surface area contributed by atoms with Gasteiger partial charge in [-0.05, 0) is 42.3 Å². The van der Waals surface area contributed by atoms with Gasteiger partial charge in [-0.3, -0.25) is 9.98 Å². The van der Waals surface area contributed by atoms with E-state index < -0.39 is 0 Å². The average molecular weight is 300 g/mol. The van der Waals surface area contributed by atoms with Crippen LogP contribution < -0.4 is 0 Å². The summed E-state index contributed by atoms with van der Waals surface area (Å²) in [4.78, 5) is 8.92. The molecule has 2 heteroatoms. The second-order valence-electron chi connectivity index (χ2n) is 4.85. The van der Waals surface area contributed by atoms with E-state index in [-0.39, 0.29) is 0 Å². The third kappa shape index (κ3) is 5.71. The summed E-state index contributed by atoms with van der Waals surface area (Å²) in [6.07, 6.45) is 11.3. The zero-order valence-corrected chi connectivity index (χ0v) is 13.3. The van der Waals surface area contributed by atoms with Crippen LogP contribution in [-0.2, 0) is 0 Å². The highest BCUT2D eigenvalue weighted by molar-refractivity contribution is 5.85. The molecule has 0 saturated heterocycles. The van der Waals surface area contributed by atoms with Crippen LogP contribution in [0.5, 0.6) is 0 Å². The van der Waals surface area contributed by atoms with Crippen molar-refractivity contribution >= 4 is 23.8 Å². The fourth-order valence-electron chi connectivity index (χ4n) is 1.93. The van der Waals surface area contributed by atoms with Gasteiger partial charge in [0.05, 0.1) is 11.4 Å². The van der Waals surface area contributed by atoms with E-state index in [9.17, 15) is 0 Å². The average Bonchev–Trinajstić information content (AvgIpc) is 2.60. The van der Waals surface area contributed by atoms with Gasteiger partial charge in [-0.25, -0.2) is 0 Å². The highest BCUT2D eigenvalue weighted by Crippen LogP contribution is 2.18. The maximum atomic E-state index is 4.46. The molecule has 0 atom stereocenters. The van der Waals surface area contributed by atoms with Gasteiger partial charge in [-0.2, -0.15) is 0 Å². The molecule has 0 amide bonds. The monoisotopic (exact) mass is 300 g/mol. The van der Waals surface area contributed by atoms with Crippen molar-refractivity contribution in [2.45, 2.75) is 6.92 Å². The minimum Gasteiger partial charge on any atom is -0.256 e. The number of hydrogen-bond donors (Lipinski definition) is 0. The third-order valence-electron chi connectivity index (χ3n) is 3.04. The van der Waals surface area contributed by atoms with Gasteiger partial charge in [0.2, 0.25) is 0 Å². The van der Waals surface area contributed by atoms with Crippen molar-refractivity contribution in [2.24, 2.45) is 9.98 Å². The van der Waals surface area contributed by atoms with Gasteiger partial charge in [0.1, 0.15) is 0 Å². The van der Waals surface area contributed by atoms with Crippen LogP contribution in [0.4, 0.5) is 11.4 Å². The summed E-state index contributed by atoms with van der Waals surface area (Å²) in [7, 11) is 0. The van der Waals surface area contributed by atoms with Crippen LogP contribution >= 0.6 is 0 Å². The number of benzene rings is 2. The molecule has 0 aliphatic rings. The molecule has 0 fully saturated rings. The molecule has 0 saturated carbocycles. The molecule has 0 unspecified atom stereocenters. The Bertz CT molecular complexity index is 733. The minimum absolute atomic E-state index is 0.892. The van der Waals surface area contributed by atoms with Crippen molar-refractivity contribution in [3.05, 3.63) is 96.6 Å². The molecule has 0 radical (unpaired) electrons. The van der Waals surface area contributed by atoms with Crippen molar-refractivity contribution in [3.63, 3.8) is 0 Å². The second kappa shape index (κ2) is 9.11. The minimum atomic E-state index is 0.892. The van der Waals surface area contributed by atoms with Gasteiger partial charge in [0, 0.05) is 12.4 Å². The lowest BCUT2D eigenvalue weighted by Gasteiger charge is -1.97. The first-order valence-electron chi connectivity index (χ1n) is 7.50. The number of allylic oxidation sites excluding steroid dienone is 5. The largest absolute Gasteiger partial charge is 0.256 e. The summed E-state index contributed by atoms with van der Waals surface area (Å²) in [5, 5.41) is 0. The molecule has 0 heterocycles. The Morgan fingerprint density at radius 2 is 1.57 bits per heavy atom. The number of nitrogens with zero attached hydrogens (tertiary/aromatic N) is 2. The van der Waals surface area contributed by atoms with Crippen LogP contribution in [0.25, 0.3) is 0 Å². The van der Waals surface area contributed by atoms with E-state index in [1.165, 1.54) is 0 Å². The second-order valence-corrected chi connectivity index (χ2v) is 4.85. The Kier molecular flexibility index (Phi) is 6.48. The zero-order valence-electron chi connectivity index (χ0n) is 13.3. The molecule has 0 bridgehead atoms. The van der Waals surface area contributed by atoms with Crippen LogP contribution in [0.2, 0.25) is 0 Å². The van der Waals surface area contributed by atoms with Crippen molar-refractivity contribution in [2.75, 3.05) is 0 Å². The maximum absolute atomic E-state index is 4.46. The Morgan fingerprint density at radius 1 is 0.913 bits per heavy atom. The van der Waals surface area contributed by atoms with Crippen LogP contribution in [0.3, 0.4) is 0 Å². The van der Waals surface area contributed by atoms with E-state index in [0.29, 0.717) is 0 Å². The molecular weight excluding hydrogens is 280 g/mol. The van der Waals surface area contributed by atoms with Gasteiger partial charge < -0.3 is 0 Å². The molecule has 2 nitrogen and oxygen atoms in total. The summed E-state index contributed by atoms with van der Waals surface area (Å²) in [6, 6.07) is 17.9. The SMILES string of the molecule is C=C/C=C(C=Nc1ccc(N=Cc2ccccc2)cc1)\C=C/C. The van der Waals surface area contributed by atoms with Crippen LogP contribution in [0, 0.1) is 0 Å². The quantitative estimate of drug-likeness (QED) is 0.474. The predicted molar refractivity (Wildman–Crippen MR) is 101 cm³/mol. The zero-order chi connectivity index (χ0) is 16.3. The lowest BCUT2D eigenvalue weighted by atomic mass is 10.2. The molecule has 0 aliphatic carbocycles. The number of aliphatic imine (C=N–C) groups is 2. The van der Waals surface area contributed by atoms with Crippen molar-refractivity contribution in [1.82, 2.24) is 0 Å². The molecule has 2 aromatic carbocycles. The van der Waals surface area contributed by atoms with Gasteiger partial charge in [-0.15, -0.1) is 0 Å². The van der Waals surface area contributed by atoms with Crippen molar-refractivity contribution in [3.8, 4) is 0 Å². The van der Waals surface area contributed by atoms with E-state index in [2.05, 4.69) is 16.6 Å². The van der Waals surface area contributed by atoms with Crippen molar-refractivity contribution < 1.29 is 0 Å². The molecule has 0 aromatic heterocycles. The maximum Gasteiger partial charge on any atom is 0.0631 e. The first-order valence-corrected chi connectivity index (χ1v) is 7.50. The fraction of sp³-hybridized carbons (Fsp3) is 0.0476. The Morgan fingerprint density at radius 3 is 2.17 bits per heavy atom. The van der Waals surface area contributed by atoms with E-state index in [1.54, 1.807) is 6.08 Å². The number of hydrogen-bond acceptors (Lipinski definition) is 2. The lowest BCUT2D eigenvalue weighted by molar-refractivity contribution is 1.48. The molecule has 0 N–H and O–H groups in total. The van der Waals surface area contributed by atoms with Gasteiger partial charge in [0.25, 0.3) is 0 Å². The highest BCUT2D eigenvalue weighted by atomic mass is 14.7. The fourth-order valence-corrected chi connectivity index (χ4v) is 1.93. The molecule has 23 heavy (non-hydrogen) atoms. The Hall–Kier alpha value is -3.00. The summed E-state index contributed by atoms with van der Waals surface area (Å²) < 4.78 is 0. The number of rotatable bonds is 6. The van der Waals surface area contributed by atoms with Gasteiger partial charge >= 0.3 is 0 Å². The first-order chi connectivity index (χ1) is 11.3. The van der Waals surface area contributed by atoms with Gasteiger partial charge in [0.15, 0.2) is 0 Å². The van der Waals surface area contributed by atoms with Gasteiger partial charge in [-0.1, -0.05) is 61.2 Å². The van der Waals surface area contributed by atoms with E-state index in [4.69, 9.17) is 0 Å². The summed E-state index contributed by atoms with van der Waals surface area (Å²) in [5.41, 5.74) is 3.89. The van der Waals surface area contributed by atoms with E-state index in [0.717, 1.165) is 22.5 Å². The topological polar surface area (TPSA) is 24.7 Å². The smallest absolute Gasteiger partial charge is 0.0631 e. The Balaban J connectivity index is 2.06. The third-order valence-corrected chi connectivity index (χ3v) is 3.04. The van der Waals surface area contributed by atoms with Crippen LogP contribution in [-0.4, -0.2) is 12.4 Å². The first kappa shape index (κ1) is 16.4. The Labute approximate surface area is 137 Å².